The normalized spacial score (nSPS) is 16.1. The molecule has 0 radical (unpaired) electrons. The van der Waals surface area contributed by atoms with E-state index < -0.39 is 0 Å². The third-order valence-electron chi connectivity index (χ3n) is 4.60. The van der Waals surface area contributed by atoms with E-state index in [0.717, 1.165) is 22.7 Å². The summed E-state index contributed by atoms with van der Waals surface area (Å²) >= 11 is 5.31. The number of carbonyl (C=O) groups excluding carboxylic acids is 1. The average molecular weight is 397 g/mol. The van der Waals surface area contributed by atoms with E-state index >= 15 is 0 Å². The van der Waals surface area contributed by atoms with Crippen LogP contribution in [-0.2, 0) is 4.79 Å². The van der Waals surface area contributed by atoms with Crippen LogP contribution in [-0.4, -0.2) is 32.2 Å². The number of allylic oxidation sites excluding steroid dienone is 1. The highest BCUT2D eigenvalue weighted by Gasteiger charge is 2.29. The van der Waals surface area contributed by atoms with E-state index in [1.54, 1.807) is 19.2 Å². The van der Waals surface area contributed by atoms with E-state index in [0.29, 0.717) is 16.4 Å². The summed E-state index contributed by atoms with van der Waals surface area (Å²) < 4.78 is 5.16. The van der Waals surface area contributed by atoms with Crippen LogP contribution in [0, 0.1) is 0 Å². The molecule has 0 aromatic heterocycles. The number of amides is 1. The van der Waals surface area contributed by atoms with Gasteiger partial charge in [-0.1, -0.05) is 12.1 Å². The second-order valence-electron chi connectivity index (χ2n) is 6.74. The molecule has 28 heavy (non-hydrogen) atoms. The van der Waals surface area contributed by atoms with Gasteiger partial charge in [-0.15, -0.1) is 0 Å². The molecule has 146 valence electrons. The van der Waals surface area contributed by atoms with Crippen molar-refractivity contribution in [3.8, 4) is 5.75 Å². The van der Waals surface area contributed by atoms with Crippen molar-refractivity contribution in [2.24, 2.45) is 0 Å². The fourth-order valence-corrected chi connectivity index (χ4v) is 3.35. The first-order chi connectivity index (χ1) is 13.4. The van der Waals surface area contributed by atoms with Gasteiger partial charge in [-0.25, -0.2) is 0 Å². The van der Waals surface area contributed by atoms with Gasteiger partial charge in [0.25, 0.3) is 5.91 Å². The molecule has 6 nitrogen and oxygen atoms in total. The minimum Gasteiger partial charge on any atom is -0.497 e. The maximum Gasteiger partial charge on any atom is 0.255 e. The number of ether oxygens (including phenoxy) is 1. The maximum atomic E-state index is 13.1. The SMILES string of the molecule is COc1ccc(NC(=O)C2=C(C)NC(=S)N[C@@H]2c2ccc(N(C)C)cc2)cc1. The van der Waals surface area contributed by atoms with Gasteiger partial charge in [0, 0.05) is 31.2 Å². The summed E-state index contributed by atoms with van der Waals surface area (Å²) in [5, 5.41) is 9.72. The lowest BCUT2D eigenvalue weighted by molar-refractivity contribution is -0.113. The van der Waals surface area contributed by atoms with Gasteiger partial charge >= 0.3 is 0 Å². The van der Waals surface area contributed by atoms with Crippen LogP contribution < -0.4 is 25.6 Å². The molecule has 3 rings (SSSR count). The number of hydrogen-bond donors (Lipinski definition) is 3. The van der Waals surface area contributed by atoms with Crippen LogP contribution in [0.1, 0.15) is 18.5 Å². The van der Waals surface area contributed by atoms with E-state index in [9.17, 15) is 4.79 Å². The average Bonchev–Trinajstić information content (AvgIpc) is 2.68. The van der Waals surface area contributed by atoms with Crippen LogP contribution >= 0.6 is 12.2 Å². The lowest BCUT2D eigenvalue weighted by Gasteiger charge is -2.30. The molecule has 2 aromatic carbocycles. The zero-order chi connectivity index (χ0) is 20.3. The number of thiocarbonyl (C=S) groups is 1. The smallest absolute Gasteiger partial charge is 0.255 e. The van der Waals surface area contributed by atoms with E-state index in [1.807, 2.05) is 62.3 Å². The predicted octanol–water partition coefficient (Wildman–Crippen LogP) is 3.19. The standard InChI is InChI=1S/C21H24N4O2S/c1-13-18(20(26)23-15-7-11-17(27-4)12-8-15)19(24-21(28)22-13)14-5-9-16(10-6-14)25(2)3/h5-12,19H,1-4H3,(H,23,26)(H2,22,24,28)/t19-/m1/s1. The Balaban J connectivity index is 1.89. The van der Waals surface area contributed by atoms with Crippen molar-refractivity contribution in [1.29, 1.82) is 0 Å². The number of carbonyl (C=O) groups is 1. The minimum absolute atomic E-state index is 0.188. The molecule has 3 N–H and O–H groups in total. The van der Waals surface area contributed by atoms with Gasteiger partial charge in [0.05, 0.1) is 18.7 Å². The highest BCUT2D eigenvalue weighted by atomic mass is 32.1. The first-order valence-corrected chi connectivity index (χ1v) is 9.31. The van der Waals surface area contributed by atoms with Crippen LogP contribution in [0.2, 0.25) is 0 Å². The third kappa shape index (κ3) is 4.26. The van der Waals surface area contributed by atoms with Crippen LogP contribution in [0.25, 0.3) is 0 Å². The zero-order valence-corrected chi connectivity index (χ0v) is 17.2. The zero-order valence-electron chi connectivity index (χ0n) is 16.4. The molecule has 1 heterocycles. The Hall–Kier alpha value is -3.06. The van der Waals surface area contributed by atoms with E-state index in [-0.39, 0.29) is 11.9 Å². The van der Waals surface area contributed by atoms with Gasteiger partial charge < -0.3 is 25.6 Å². The molecule has 2 aromatic rings. The lowest BCUT2D eigenvalue weighted by Crippen LogP contribution is -2.45. The van der Waals surface area contributed by atoms with E-state index in [2.05, 4.69) is 16.0 Å². The van der Waals surface area contributed by atoms with Crippen molar-refractivity contribution in [2.75, 3.05) is 31.4 Å². The predicted molar refractivity (Wildman–Crippen MR) is 117 cm³/mol. The summed E-state index contributed by atoms with van der Waals surface area (Å²) in [7, 11) is 5.59. The molecule has 1 aliphatic heterocycles. The van der Waals surface area contributed by atoms with Crippen molar-refractivity contribution in [2.45, 2.75) is 13.0 Å². The van der Waals surface area contributed by atoms with Gasteiger partial charge in [0.1, 0.15) is 5.75 Å². The molecule has 0 spiro atoms. The second kappa shape index (κ2) is 8.31. The van der Waals surface area contributed by atoms with Crippen LogP contribution in [0.5, 0.6) is 5.75 Å². The number of rotatable bonds is 5. The molecule has 1 aliphatic rings. The summed E-state index contributed by atoms with van der Waals surface area (Å²) in [5.74, 6) is 0.547. The Labute approximate surface area is 170 Å². The number of benzene rings is 2. The minimum atomic E-state index is -0.330. The lowest BCUT2D eigenvalue weighted by atomic mass is 9.94. The van der Waals surface area contributed by atoms with Gasteiger partial charge in [-0.2, -0.15) is 0 Å². The highest BCUT2D eigenvalue weighted by molar-refractivity contribution is 7.80. The van der Waals surface area contributed by atoms with Crippen molar-refractivity contribution >= 4 is 34.6 Å². The number of anilines is 2. The number of hydrogen-bond acceptors (Lipinski definition) is 4. The number of nitrogens with one attached hydrogen (secondary N) is 3. The number of nitrogens with zero attached hydrogens (tertiary/aromatic N) is 1. The fourth-order valence-electron chi connectivity index (χ4n) is 3.08. The Morgan fingerprint density at radius 2 is 1.75 bits per heavy atom. The monoisotopic (exact) mass is 396 g/mol. The molecule has 1 atom stereocenters. The summed E-state index contributed by atoms with van der Waals surface area (Å²) in [6.07, 6.45) is 0. The summed E-state index contributed by atoms with van der Waals surface area (Å²) in [6.45, 7) is 1.86. The highest BCUT2D eigenvalue weighted by Crippen LogP contribution is 2.29. The molecular weight excluding hydrogens is 372 g/mol. The second-order valence-corrected chi connectivity index (χ2v) is 7.15. The van der Waals surface area contributed by atoms with Crippen molar-refractivity contribution < 1.29 is 9.53 Å². The Morgan fingerprint density at radius 1 is 1.11 bits per heavy atom. The third-order valence-corrected chi connectivity index (χ3v) is 4.82. The van der Waals surface area contributed by atoms with Crippen molar-refractivity contribution in [1.82, 2.24) is 10.6 Å². The Bertz CT molecular complexity index is 905. The van der Waals surface area contributed by atoms with Gasteiger partial charge in [-0.3, -0.25) is 4.79 Å². The fraction of sp³-hybridized carbons (Fsp3) is 0.238. The Kier molecular flexibility index (Phi) is 5.84. The maximum absolute atomic E-state index is 13.1. The van der Waals surface area contributed by atoms with Gasteiger partial charge in [0.15, 0.2) is 5.11 Å². The molecule has 0 saturated carbocycles. The Morgan fingerprint density at radius 3 is 2.32 bits per heavy atom. The van der Waals surface area contributed by atoms with Crippen LogP contribution in [0.3, 0.4) is 0 Å². The molecule has 0 fully saturated rings. The molecule has 0 saturated heterocycles. The summed E-state index contributed by atoms with van der Waals surface area (Å²) in [4.78, 5) is 15.1. The summed E-state index contributed by atoms with van der Waals surface area (Å²) in [6, 6.07) is 15.0. The van der Waals surface area contributed by atoms with Crippen LogP contribution in [0.4, 0.5) is 11.4 Å². The molecule has 0 aliphatic carbocycles. The largest absolute Gasteiger partial charge is 0.497 e. The van der Waals surface area contributed by atoms with Crippen molar-refractivity contribution in [3.05, 3.63) is 65.4 Å². The first kappa shape index (κ1) is 19.7. The summed E-state index contributed by atoms with van der Waals surface area (Å²) in [5.41, 5.74) is 4.08. The quantitative estimate of drug-likeness (QED) is 0.675. The molecule has 7 heteroatoms. The first-order valence-electron chi connectivity index (χ1n) is 8.90. The van der Waals surface area contributed by atoms with Gasteiger partial charge in [-0.05, 0) is 61.1 Å². The number of methoxy groups -OCH3 is 1. The van der Waals surface area contributed by atoms with E-state index in [4.69, 9.17) is 17.0 Å². The molecular formula is C21H24N4O2S. The van der Waals surface area contributed by atoms with E-state index in [1.165, 1.54) is 0 Å². The van der Waals surface area contributed by atoms with Crippen LogP contribution in [0.15, 0.2) is 59.8 Å². The molecule has 0 unspecified atom stereocenters. The van der Waals surface area contributed by atoms with Gasteiger partial charge in [0.2, 0.25) is 0 Å². The topological polar surface area (TPSA) is 65.6 Å². The molecule has 1 amide bonds. The molecule has 0 bridgehead atoms. The van der Waals surface area contributed by atoms with Crippen molar-refractivity contribution in [3.63, 3.8) is 0 Å².